The molecule has 43 heavy (non-hydrogen) atoms. The third-order valence-electron chi connectivity index (χ3n) is 8.84. The molecule has 2 N–H and O–H groups in total. The molecule has 1 aromatic carbocycles. The first-order chi connectivity index (χ1) is 20.3. The highest BCUT2D eigenvalue weighted by atomic mass is 16.5. The van der Waals surface area contributed by atoms with E-state index in [1.807, 2.05) is 44.2 Å². The van der Waals surface area contributed by atoms with Crippen LogP contribution in [0.15, 0.2) is 30.3 Å². The summed E-state index contributed by atoms with van der Waals surface area (Å²) in [7, 11) is 1.58. The van der Waals surface area contributed by atoms with Crippen LogP contribution in [0.3, 0.4) is 0 Å². The Morgan fingerprint density at radius 2 is 1.67 bits per heavy atom. The van der Waals surface area contributed by atoms with Crippen molar-refractivity contribution in [1.29, 1.82) is 0 Å². The molecule has 1 aromatic rings. The smallest absolute Gasteiger partial charge is 0.329 e. The van der Waals surface area contributed by atoms with Crippen molar-refractivity contribution >= 4 is 29.6 Å². The standard InChI is InChI=1S/C33H50N4O6/c1-8-9-11-18-26-33(5,6)32(42)37-19-14-17-24(37)30(40)36(7)25(20-23-15-12-10-13-16-23)29(39)34-22(4)28(38)35-27(21(2)3)31(41)43-26/h10,12-13,15-16,21-22,24-27H,8-9,11,14,17-20H2,1-7H3,(H,34,39)(H,35,38). The summed E-state index contributed by atoms with van der Waals surface area (Å²) in [5.74, 6) is -2.55. The predicted octanol–water partition coefficient (Wildman–Crippen LogP) is 3.22. The molecule has 0 bridgehead atoms. The summed E-state index contributed by atoms with van der Waals surface area (Å²) in [4.78, 5) is 71.8. The topological polar surface area (TPSA) is 125 Å². The van der Waals surface area contributed by atoms with Crippen molar-refractivity contribution in [1.82, 2.24) is 20.4 Å². The lowest BCUT2D eigenvalue weighted by Crippen LogP contribution is -2.60. The number of hydrogen-bond acceptors (Lipinski definition) is 6. The average molecular weight is 599 g/mol. The molecule has 2 fully saturated rings. The van der Waals surface area contributed by atoms with E-state index in [0.717, 1.165) is 24.8 Å². The number of carbonyl (C=O) groups is 5. The minimum atomic E-state index is -1.12. The molecule has 2 aliphatic heterocycles. The molecular formula is C33H50N4O6. The van der Waals surface area contributed by atoms with Crippen molar-refractivity contribution < 1.29 is 28.7 Å². The number of benzene rings is 1. The number of hydrogen-bond donors (Lipinski definition) is 2. The first-order valence-electron chi connectivity index (χ1n) is 15.7. The highest BCUT2D eigenvalue weighted by Gasteiger charge is 2.48. The minimum Gasteiger partial charge on any atom is -0.460 e. The zero-order valence-corrected chi connectivity index (χ0v) is 26.9. The van der Waals surface area contributed by atoms with Crippen LogP contribution in [0.2, 0.25) is 0 Å². The largest absolute Gasteiger partial charge is 0.460 e. The Bertz CT molecular complexity index is 1150. The zero-order valence-electron chi connectivity index (χ0n) is 26.9. The molecule has 0 radical (unpaired) electrons. The quantitative estimate of drug-likeness (QED) is 0.367. The van der Waals surface area contributed by atoms with Crippen molar-refractivity contribution in [2.75, 3.05) is 13.6 Å². The lowest BCUT2D eigenvalue weighted by molar-refractivity contribution is -0.169. The van der Waals surface area contributed by atoms with Crippen LogP contribution in [0.5, 0.6) is 0 Å². The van der Waals surface area contributed by atoms with Crippen LogP contribution < -0.4 is 10.6 Å². The Kier molecular flexibility index (Phi) is 11.8. The number of cyclic esters (lactones) is 1. The number of carbonyl (C=O) groups excluding carboxylic acids is 5. The Morgan fingerprint density at radius 3 is 2.30 bits per heavy atom. The van der Waals surface area contributed by atoms with E-state index in [0.29, 0.717) is 25.8 Å². The third-order valence-corrected chi connectivity index (χ3v) is 8.84. The number of unbranched alkanes of at least 4 members (excludes halogenated alkanes) is 2. The fourth-order valence-electron chi connectivity index (χ4n) is 5.92. The molecule has 2 saturated heterocycles. The zero-order chi connectivity index (χ0) is 31.9. The van der Waals surface area contributed by atoms with Crippen LogP contribution in [0.25, 0.3) is 0 Å². The van der Waals surface area contributed by atoms with Gasteiger partial charge in [-0.05, 0) is 57.9 Å². The normalized spacial score (nSPS) is 27.5. The lowest BCUT2D eigenvalue weighted by atomic mass is 9.81. The summed E-state index contributed by atoms with van der Waals surface area (Å²) in [5.41, 5.74) is -0.270. The Labute approximate surface area is 256 Å². The number of fused-ring (bicyclic) bond motifs is 1. The van der Waals surface area contributed by atoms with E-state index in [4.69, 9.17) is 4.74 Å². The van der Waals surface area contributed by atoms with Gasteiger partial charge in [0.15, 0.2) is 0 Å². The molecular weight excluding hydrogens is 548 g/mol. The van der Waals surface area contributed by atoms with Crippen molar-refractivity contribution in [3.63, 3.8) is 0 Å². The fraction of sp³-hybridized carbons (Fsp3) is 0.667. The van der Waals surface area contributed by atoms with Gasteiger partial charge in [-0.3, -0.25) is 19.2 Å². The molecule has 5 atom stereocenters. The van der Waals surface area contributed by atoms with Gasteiger partial charge in [0.2, 0.25) is 23.6 Å². The van der Waals surface area contributed by atoms with E-state index in [1.165, 1.54) is 4.90 Å². The van der Waals surface area contributed by atoms with Crippen LogP contribution in [0, 0.1) is 11.3 Å². The highest BCUT2D eigenvalue weighted by molar-refractivity contribution is 5.96. The van der Waals surface area contributed by atoms with Gasteiger partial charge in [0.1, 0.15) is 30.3 Å². The van der Waals surface area contributed by atoms with E-state index in [9.17, 15) is 24.0 Å². The average Bonchev–Trinajstić information content (AvgIpc) is 3.46. The van der Waals surface area contributed by atoms with Crippen molar-refractivity contribution in [3.05, 3.63) is 35.9 Å². The Hall–Kier alpha value is -3.43. The van der Waals surface area contributed by atoms with E-state index >= 15 is 0 Å². The van der Waals surface area contributed by atoms with E-state index in [-0.39, 0.29) is 24.2 Å². The summed E-state index contributed by atoms with van der Waals surface area (Å²) >= 11 is 0. The molecule has 238 valence electrons. The van der Waals surface area contributed by atoms with Gasteiger partial charge >= 0.3 is 5.97 Å². The van der Waals surface area contributed by atoms with E-state index in [1.54, 1.807) is 32.7 Å². The monoisotopic (exact) mass is 598 g/mol. The maximum atomic E-state index is 14.2. The van der Waals surface area contributed by atoms with Gasteiger partial charge in [-0.1, -0.05) is 63.9 Å². The molecule has 4 amide bonds. The summed E-state index contributed by atoms with van der Waals surface area (Å²) in [6.45, 7) is 11.2. The van der Waals surface area contributed by atoms with Crippen molar-refractivity contribution in [3.8, 4) is 0 Å². The summed E-state index contributed by atoms with van der Waals surface area (Å²) in [6.07, 6.45) is 3.72. The first-order valence-corrected chi connectivity index (χ1v) is 15.7. The predicted molar refractivity (Wildman–Crippen MR) is 164 cm³/mol. The second-order valence-corrected chi connectivity index (χ2v) is 12.9. The van der Waals surface area contributed by atoms with Gasteiger partial charge in [0.25, 0.3) is 0 Å². The number of ether oxygens (including phenoxy) is 1. The fourth-order valence-corrected chi connectivity index (χ4v) is 5.92. The van der Waals surface area contributed by atoms with Crippen molar-refractivity contribution in [2.45, 2.75) is 117 Å². The number of likely N-dealkylation sites (N-methyl/N-ethyl adjacent to an activating group) is 1. The Morgan fingerprint density at radius 1 is 1.00 bits per heavy atom. The summed E-state index contributed by atoms with van der Waals surface area (Å²) in [6, 6.07) is 5.76. The van der Waals surface area contributed by atoms with Crippen LogP contribution in [0.4, 0.5) is 0 Å². The van der Waals surface area contributed by atoms with Gasteiger partial charge in [0, 0.05) is 20.0 Å². The van der Waals surface area contributed by atoms with Gasteiger partial charge in [-0.2, -0.15) is 0 Å². The molecule has 10 heteroatoms. The molecule has 0 saturated carbocycles. The van der Waals surface area contributed by atoms with Gasteiger partial charge in [-0.25, -0.2) is 4.79 Å². The SMILES string of the molecule is CCCCCC1OC(=O)C(C(C)C)NC(=O)C(C)NC(=O)C(Cc2ccccc2)N(C)C(=O)C2CCCN2C(=O)C1(C)C. The first kappa shape index (κ1) is 34.1. The van der Waals surface area contributed by atoms with Gasteiger partial charge in [0.05, 0.1) is 5.41 Å². The molecule has 0 spiro atoms. The molecule has 3 rings (SSSR count). The minimum absolute atomic E-state index is 0.232. The number of amides is 4. The second kappa shape index (κ2) is 14.8. The van der Waals surface area contributed by atoms with Gasteiger partial charge in [-0.15, -0.1) is 0 Å². The number of nitrogens with zero attached hydrogens (tertiary/aromatic N) is 2. The Balaban J connectivity index is 2.06. The highest BCUT2D eigenvalue weighted by Crippen LogP contribution is 2.34. The molecule has 2 heterocycles. The molecule has 0 aliphatic carbocycles. The number of rotatable bonds is 7. The number of esters is 1. The second-order valence-electron chi connectivity index (χ2n) is 12.9. The maximum absolute atomic E-state index is 14.2. The van der Waals surface area contributed by atoms with Crippen LogP contribution in [-0.2, 0) is 35.1 Å². The van der Waals surface area contributed by atoms with Gasteiger partial charge < -0.3 is 25.2 Å². The lowest BCUT2D eigenvalue weighted by Gasteiger charge is -2.40. The van der Waals surface area contributed by atoms with Crippen molar-refractivity contribution in [2.24, 2.45) is 11.3 Å². The van der Waals surface area contributed by atoms with E-state index < -0.39 is 53.5 Å². The molecule has 5 unspecified atom stereocenters. The van der Waals surface area contributed by atoms with Crippen LogP contribution in [0.1, 0.15) is 85.6 Å². The summed E-state index contributed by atoms with van der Waals surface area (Å²) < 4.78 is 6.06. The molecule has 0 aromatic heterocycles. The van der Waals surface area contributed by atoms with Crippen LogP contribution >= 0.6 is 0 Å². The maximum Gasteiger partial charge on any atom is 0.329 e. The molecule has 2 aliphatic rings. The molecule has 10 nitrogen and oxygen atoms in total. The van der Waals surface area contributed by atoms with Crippen LogP contribution in [-0.4, -0.2) is 83.3 Å². The van der Waals surface area contributed by atoms with E-state index in [2.05, 4.69) is 17.6 Å². The third kappa shape index (κ3) is 8.15. The number of nitrogens with one attached hydrogen (secondary N) is 2. The summed E-state index contributed by atoms with van der Waals surface area (Å²) in [5, 5.41) is 5.52.